The maximum absolute atomic E-state index is 12.8. The molecule has 29 heavy (non-hydrogen) atoms. The number of nitrogens with zero attached hydrogens (tertiary/aromatic N) is 1. The zero-order valence-corrected chi connectivity index (χ0v) is 17.9. The second-order valence-electron chi connectivity index (χ2n) is 6.49. The number of benzene rings is 2. The van der Waals surface area contributed by atoms with Crippen LogP contribution in [-0.4, -0.2) is 26.3 Å². The predicted octanol–water partition coefficient (Wildman–Crippen LogP) is 4.73. The molecule has 0 aliphatic rings. The van der Waals surface area contributed by atoms with Gasteiger partial charge in [0.05, 0.1) is 16.0 Å². The third-order valence-electron chi connectivity index (χ3n) is 4.60. The van der Waals surface area contributed by atoms with Gasteiger partial charge in [-0.15, -0.1) is 0 Å². The average molecular weight is 453 g/mol. The summed E-state index contributed by atoms with van der Waals surface area (Å²) in [6, 6.07) is 13.9. The molecule has 3 aromatic rings. The predicted molar refractivity (Wildman–Crippen MR) is 112 cm³/mol. The van der Waals surface area contributed by atoms with Crippen molar-refractivity contribution in [2.45, 2.75) is 17.9 Å². The van der Waals surface area contributed by atoms with Gasteiger partial charge in [-0.05, 0) is 55.0 Å². The number of amides is 1. The van der Waals surface area contributed by atoms with Gasteiger partial charge < -0.3 is 9.32 Å². The SMILES string of the molecule is CC(c1ccc(S(N)(=O)=O)cc1)N(C)C(=O)c1ccc(-c2cc(Cl)ccc2Cl)o1. The molecule has 0 saturated carbocycles. The maximum Gasteiger partial charge on any atom is 0.289 e. The van der Waals surface area contributed by atoms with Crippen LogP contribution in [0.5, 0.6) is 0 Å². The first kappa shape index (κ1) is 21.4. The summed E-state index contributed by atoms with van der Waals surface area (Å²) in [4.78, 5) is 14.3. The molecule has 0 radical (unpaired) electrons. The number of primary sulfonamides is 1. The quantitative estimate of drug-likeness (QED) is 0.604. The number of nitrogens with two attached hydrogens (primary N) is 1. The Balaban J connectivity index is 1.81. The third-order valence-corrected chi connectivity index (χ3v) is 6.10. The Labute approximate surface area is 178 Å². The fourth-order valence-corrected chi connectivity index (χ4v) is 3.69. The van der Waals surface area contributed by atoms with Crippen molar-refractivity contribution in [3.63, 3.8) is 0 Å². The van der Waals surface area contributed by atoms with Gasteiger partial charge in [-0.2, -0.15) is 0 Å². The van der Waals surface area contributed by atoms with Crippen LogP contribution in [-0.2, 0) is 10.0 Å². The van der Waals surface area contributed by atoms with E-state index in [1.54, 1.807) is 49.5 Å². The minimum Gasteiger partial charge on any atom is -0.451 e. The summed E-state index contributed by atoms with van der Waals surface area (Å²) in [6.45, 7) is 1.82. The number of hydrogen-bond acceptors (Lipinski definition) is 4. The van der Waals surface area contributed by atoms with E-state index in [2.05, 4.69) is 0 Å². The first-order valence-corrected chi connectivity index (χ1v) is 10.8. The van der Waals surface area contributed by atoms with E-state index in [0.717, 1.165) is 5.56 Å². The van der Waals surface area contributed by atoms with Gasteiger partial charge in [0, 0.05) is 17.6 Å². The van der Waals surface area contributed by atoms with E-state index >= 15 is 0 Å². The van der Waals surface area contributed by atoms with E-state index < -0.39 is 10.0 Å². The number of furan rings is 1. The molecule has 0 aliphatic carbocycles. The lowest BCUT2D eigenvalue weighted by Gasteiger charge is -2.24. The molecule has 3 rings (SSSR count). The number of carbonyl (C=O) groups is 1. The molecule has 0 saturated heterocycles. The summed E-state index contributed by atoms with van der Waals surface area (Å²) in [5.41, 5.74) is 1.34. The van der Waals surface area contributed by atoms with Gasteiger partial charge in [0.15, 0.2) is 5.76 Å². The lowest BCUT2D eigenvalue weighted by atomic mass is 10.1. The van der Waals surface area contributed by atoms with E-state index in [0.29, 0.717) is 21.4 Å². The molecule has 2 aromatic carbocycles. The van der Waals surface area contributed by atoms with E-state index in [1.807, 2.05) is 6.92 Å². The van der Waals surface area contributed by atoms with Crippen molar-refractivity contribution in [1.29, 1.82) is 0 Å². The Morgan fingerprint density at radius 3 is 2.34 bits per heavy atom. The Bertz CT molecular complexity index is 1160. The van der Waals surface area contributed by atoms with Crippen molar-refractivity contribution in [2.24, 2.45) is 5.14 Å². The topological polar surface area (TPSA) is 93.6 Å². The van der Waals surface area contributed by atoms with E-state index in [1.165, 1.54) is 17.0 Å². The summed E-state index contributed by atoms with van der Waals surface area (Å²) in [5.74, 6) is 0.239. The standard InChI is InChI=1S/C20H18Cl2N2O4S/c1-12(13-3-6-15(7-4-13)29(23,26)27)24(2)20(25)19-10-9-18(28-19)16-11-14(21)5-8-17(16)22/h3-12H,1-2H3,(H2,23,26,27). The summed E-state index contributed by atoms with van der Waals surface area (Å²) in [7, 11) is -2.14. The Hall–Kier alpha value is -2.32. The molecule has 0 aliphatic heterocycles. The Kier molecular flexibility index (Phi) is 6.05. The maximum atomic E-state index is 12.8. The summed E-state index contributed by atoms with van der Waals surface area (Å²) >= 11 is 12.2. The van der Waals surface area contributed by atoms with Crippen LogP contribution in [0.25, 0.3) is 11.3 Å². The van der Waals surface area contributed by atoms with Gasteiger partial charge in [0.1, 0.15) is 5.76 Å². The lowest BCUT2D eigenvalue weighted by Crippen LogP contribution is -2.29. The van der Waals surface area contributed by atoms with Gasteiger partial charge in [0.2, 0.25) is 10.0 Å². The van der Waals surface area contributed by atoms with Crippen LogP contribution in [0, 0.1) is 0 Å². The van der Waals surface area contributed by atoms with E-state index in [9.17, 15) is 13.2 Å². The van der Waals surface area contributed by atoms with Gasteiger partial charge in [-0.3, -0.25) is 4.79 Å². The molecule has 1 atom stereocenters. The molecular formula is C20H18Cl2N2O4S. The molecular weight excluding hydrogens is 435 g/mol. The average Bonchev–Trinajstić information content (AvgIpc) is 3.17. The molecule has 1 aromatic heterocycles. The molecule has 152 valence electrons. The fraction of sp³-hybridized carbons (Fsp3) is 0.150. The molecule has 0 fully saturated rings. The highest BCUT2D eigenvalue weighted by Gasteiger charge is 2.23. The van der Waals surface area contributed by atoms with Crippen molar-refractivity contribution in [2.75, 3.05) is 7.05 Å². The van der Waals surface area contributed by atoms with Gasteiger partial charge >= 0.3 is 0 Å². The minimum atomic E-state index is -3.77. The van der Waals surface area contributed by atoms with Gasteiger partial charge in [0.25, 0.3) is 5.91 Å². The van der Waals surface area contributed by atoms with Crippen molar-refractivity contribution in [1.82, 2.24) is 4.90 Å². The van der Waals surface area contributed by atoms with Crippen LogP contribution >= 0.6 is 23.2 Å². The van der Waals surface area contributed by atoms with Crippen LogP contribution in [0.1, 0.15) is 29.1 Å². The van der Waals surface area contributed by atoms with Crippen LogP contribution < -0.4 is 5.14 Å². The number of hydrogen-bond donors (Lipinski definition) is 1. The van der Waals surface area contributed by atoms with Crippen molar-refractivity contribution >= 4 is 39.1 Å². The van der Waals surface area contributed by atoms with Crippen molar-refractivity contribution in [3.05, 3.63) is 76.0 Å². The molecule has 1 amide bonds. The molecule has 1 heterocycles. The third kappa shape index (κ3) is 4.64. The van der Waals surface area contributed by atoms with E-state index in [4.69, 9.17) is 32.8 Å². The Morgan fingerprint density at radius 2 is 1.72 bits per heavy atom. The number of carbonyl (C=O) groups excluding carboxylic acids is 1. The number of sulfonamides is 1. The normalized spacial score (nSPS) is 12.6. The second kappa shape index (κ2) is 8.20. The lowest BCUT2D eigenvalue weighted by molar-refractivity contribution is 0.0711. The van der Waals surface area contributed by atoms with Crippen LogP contribution in [0.2, 0.25) is 10.0 Å². The van der Waals surface area contributed by atoms with Gasteiger partial charge in [-0.1, -0.05) is 35.3 Å². The summed E-state index contributed by atoms with van der Waals surface area (Å²) in [6.07, 6.45) is 0. The first-order chi connectivity index (χ1) is 13.6. The summed E-state index contributed by atoms with van der Waals surface area (Å²) in [5, 5.41) is 6.07. The zero-order chi connectivity index (χ0) is 21.3. The Morgan fingerprint density at radius 1 is 1.07 bits per heavy atom. The first-order valence-electron chi connectivity index (χ1n) is 8.53. The smallest absolute Gasteiger partial charge is 0.289 e. The molecule has 9 heteroatoms. The molecule has 2 N–H and O–H groups in total. The van der Waals surface area contributed by atoms with Crippen LogP contribution in [0.4, 0.5) is 0 Å². The van der Waals surface area contributed by atoms with Gasteiger partial charge in [-0.25, -0.2) is 13.6 Å². The number of rotatable bonds is 5. The van der Waals surface area contributed by atoms with Crippen LogP contribution in [0.15, 0.2) is 63.9 Å². The highest BCUT2D eigenvalue weighted by molar-refractivity contribution is 7.89. The minimum absolute atomic E-state index is 0.0107. The molecule has 1 unspecified atom stereocenters. The summed E-state index contributed by atoms with van der Waals surface area (Å²) < 4.78 is 28.5. The zero-order valence-electron chi connectivity index (χ0n) is 15.6. The highest BCUT2D eigenvalue weighted by Crippen LogP contribution is 2.32. The molecule has 6 nitrogen and oxygen atoms in total. The number of halogens is 2. The van der Waals surface area contributed by atoms with Crippen molar-refractivity contribution in [3.8, 4) is 11.3 Å². The largest absolute Gasteiger partial charge is 0.451 e. The molecule has 0 bridgehead atoms. The monoisotopic (exact) mass is 452 g/mol. The highest BCUT2D eigenvalue weighted by atomic mass is 35.5. The molecule has 0 spiro atoms. The van der Waals surface area contributed by atoms with E-state index in [-0.39, 0.29) is 22.6 Å². The van der Waals surface area contributed by atoms with Crippen molar-refractivity contribution < 1.29 is 17.6 Å². The van der Waals surface area contributed by atoms with Crippen LogP contribution in [0.3, 0.4) is 0 Å². The second-order valence-corrected chi connectivity index (χ2v) is 8.90. The fourth-order valence-electron chi connectivity index (χ4n) is 2.79.